The van der Waals surface area contributed by atoms with Gasteiger partial charge in [-0.15, -0.1) is 0 Å². The Morgan fingerprint density at radius 3 is 1.48 bits per heavy atom. The summed E-state index contributed by atoms with van der Waals surface area (Å²) in [7, 11) is 0. The van der Waals surface area contributed by atoms with Crippen LogP contribution in [-0.4, -0.2) is 51.3 Å². The van der Waals surface area contributed by atoms with Crippen molar-refractivity contribution in [3.8, 4) is 0 Å². The number of nitrogens with two attached hydrogens (primary N) is 1. The Morgan fingerprint density at radius 1 is 0.571 bits per heavy atom. The molecule has 5 aromatic carbocycles. The highest BCUT2D eigenvalue weighted by Crippen LogP contribution is 2.29. The minimum Gasteiger partial charge on any atom is -0.329 e. The van der Waals surface area contributed by atoms with E-state index >= 15 is 0 Å². The predicted octanol–water partition coefficient (Wildman–Crippen LogP) is 8.13. The van der Waals surface area contributed by atoms with Gasteiger partial charge in [-0.25, -0.2) is 0 Å². The SMILES string of the molecule is Cc1ccc(C(CN)C(=O)Cc2ccc3cnccc3c2)cc1.Cc1ccc(C(CN2C(=O)c3ccccc3C2=O)C(=O)Cc2ccc3cnccc3c2)cc1. The summed E-state index contributed by atoms with van der Waals surface area (Å²) in [4.78, 5) is 61.6. The van der Waals surface area contributed by atoms with Gasteiger partial charge in [0.1, 0.15) is 11.6 Å². The zero-order valence-electron chi connectivity index (χ0n) is 31.4. The summed E-state index contributed by atoms with van der Waals surface area (Å²) in [5.41, 5.74) is 12.6. The van der Waals surface area contributed by atoms with E-state index < -0.39 is 5.92 Å². The molecule has 278 valence electrons. The van der Waals surface area contributed by atoms with Gasteiger partial charge < -0.3 is 5.73 Å². The first-order valence-corrected chi connectivity index (χ1v) is 18.7. The first-order chi connectivity index (χ1) is 27.2. The van der Waals surface area contributed by atoms with Gasteiger partial charge in [0, 0.05) is 61.5 Å². The number of carbonyl (C=O) groups excluding carboxylic acids is 4. The van der Waals surface area contributed by atoms with Gasteiger partial charge in [-0.3, -0.25) is 34.0 Å². The Bertz CT molecular complexity index is 2530. The van der Waals surface area contributed by atoms with Gasteiger partial charge in [0.2, 0.25) is 0 Å². The summed E-state index contributed by atoms with van der Waals surface area (Å²) in [6, 6.07) is 38.3. The molecule has 0 fully saturated rings. The second-order valence-electron chi connectivity index (χ2n) is 14.3. The minimum absolute atomic E-state index is 0.0196. The van der Waals surface area contributed by atoms with E-state index in [0.29, 0.717) is 24.1 Å². The molecule has 0 saturated carbocycles. The van der Waals surface area contributed by atoms with Crippen LogP contribution in [0.3, 0.4) is 0 Å². The van der Waals surface area contributed by atoms with Crippen LogP contribution in [-0.2, 0) is 22.4 Å². The van der Waals surface area contributed by atoms with Crippen LogP contribution in [0.2, 0.25) is 0 Å². The number of aryl methyl sites for hydroxylation is 2. The molecule has 56 heavy (non-hydrogen) atoms. The smallest absolute Gasteiger partial charge is 0.261 e. The molecule has 8 heteroatoms. The number of amides is 2. The summed E-state index contributed by atoms with van der Waals surface area (Å²) < 4.78 is 0. The van der Waals surface area contributed by atoms with Gasteiger partial charge in [-0.2, -0.15) is 0 Å². The first-order valence-electron chi connectivity index (χ1n) is 18.7. The maximum Gasteiger partial charge on any atom is 0.261 e. The fourth-order valence-corrected chi connectivity index (χ4v) is 7.17. The summed E-state index contributed by atoms with van der Waals surface area (Å²) >= 11 is 0. The minimum atomic E-state index is -0.610. The molecule has 8 nitrogen and oxygen atoms in total. The van der Waals surface area contributed by atoms with Crippen LogP contribution in [0.4, 0.5) is 0 Å². The number of benzene rings is 5. The van der Waals surface area contributed by atoms with E-state index in [4.69, 9.17) is 5.73 Å². The number of carbonyl (C=O) groups is 4. The number of rotatable bonds is 11. The number of pyridine rings is 2. The summed E-state index contributed by atoms with van der Waals surface area (Å²) in [5.74, 6) is -1.43. The quantitative estimate of drug-likeness (QED) is 0.133. The van der Waals surface area contributed by atoms with Crippen molar-refractivity contribution in [1.82, 2.24) is 14.9 Å². The van der Waals surface area contributed by atoms with Crippen molar-refractivity contribution < 1.29 is 19.2 Å². The number of nitrogens with zero attached hydrogens (tertiary/aromatic N) is 3. The van der Waals surface area contributed by atoms with E-state index in [-0.39, 0.29) is 42.3 Å². The third-order valence-corrected chi connectivity index (χ3v) is 10.4. The van der Waals surface area contributed by atoms with Crippen LogP contribution >= 0.6 is 0 Å². The van der Waals surface area contributed by atoms with Crippen LogP contribution in [0, 0.1) is 13.8 Å². The molecule has 0 saturated heterocycles. The molecule has 8 rings (SSSR count). The third kappa shape index (κ3) is 8.36. The lowest BCUT2D eigenvalue weighted by Gasteiger charge is -2.22. The van der Waals surface area contributed by atoms with Crippen LogP contribution < -0.4 is 5.73 Å². The Kier molecular flexibility index (Phi) is 11.3. The number of Topliss-reactive ketones (excluding diaryl/α,β-unsaturated/α-hetero) is 2. The molecule has 1 aliphatic rings. The van der Waals surface area contributed by atoms with Crippen LogP contribution in [0.25, 0.3) is 21.5 Å². The van der Waals surface area contributed by atoms with Crippen molar-refractivity contribution in [1.29, 1.82) is 0 Å². The molecule has 2 unspecified atom stereocenters. The normalized spacial score (nSPS) is 13.2. The van der Waals surface area contributed by atoms with Crippen LogP contribution in [0.5, 0.6) is 0 Å². The topological polar surface area (TPSA) is 123 Å². The van der Waals surface area contributed by atoms with E-state index in [0.717, 1.165) is 49.4 Å². The number of hydrogen-bond acceptors (Lipinski definition) is 7. The average molecular weight is 739 g/mol. The Hall–Kier alpha value is -6.64. The zero-order chi connectivity index (χ0) is 39.2. The van der Waals surface area contributed by atoms with Gasteiger partial charge in [0.15, 0.2) is 0 Å². The Labute approximate surface area is 326 Å². The van der Waals surface area contributed by atoms with Crippen LogP contribution in [0.15, 0.2) is 146 Å². The highest BCUT2D eigenvalue weighted by Gasteiger charge is 2.38. The zero-order valence-corrected chi connectivity index (χ0v) is 31.4. The molecule has 7 aromatic rings. The molecule has 2 N–H and O–H groups in total. The van der Waals surface area contributed by atoms with Crippen LogP contribution in [0.1, 0.15) is 65.9 Å². The molecule has 0 radical (unpaired) electrons. The first kappa shape index (κ1) is 37.7. The van der Waals surface area contributed by atoms with Gasteiger partial charge in [-0.05, 0) is 71.1 Å². The molecule has 3 heterocycles. The fraction of sp³-hybridized carbons (Fsp3) is 0.167. The highest BCUT2D eigenvalue weighted by atomic mass is 16.2. The van der Waals surface area contributed by atoms with E-state index in [1.54, 1.807) is 42.9 Å². The van der Waals surface area contributed by atoms with Crippen molar-refractivity contribution in [2.24, 2.45) is 5.73 Å². The number of hydrogen-bond donors (Lipinski definition) is 1. The number of ketones is 2. The van der Waals surface area contributed by atoms with E-state index in [1.165, 1.54) is 10.5 Å². The number of imide groups is 1. The lowest BCUT2D eigenvalue weighted by molar-refractivity contribution is -0.120. The standard InChI is InChI=1S/C28H22N2O3.C20H20N2O/c1-18-6-9-20(10-7-18)25(17-30-27(32)23-4-2-3-5-24(23)28(30)33)26(31)15-19-8-11-22-16-29-13-12-21(22)14-19;1-14-2-5-16(6-3-14)19(12-21)20(23)11-15-4-7-18-13-22-9-8-17(18)10-15/h2-14,16,25H,15,17H2,1H3;2-10,13,19H,11-12,21H2,1H3. The lowest BCUT2D eigenvalue weighted by atomic mass is 9.89. The van der Waals surface area contributed by atoms with Crippen molar-refractivity contribution in [2.45, 2.75) is 38.5 Å². The molecule has 2 aromatic heterocycles. The second-order valence-corrected chi connectivity index (χ2v) is 14.3. The Morgan fingerprint density at radius 2 is 1.02 bits per heavy atom. The van der Waals surface area contributed by atoms with E-state index in [2.05, 4.69) is 16.0 Å². The maximum absolute atomic E-state index is 13.5. The van der Waals surface area contributed by atoms with Crippen molar-refractivity contribution in [2.75, 3.05) is 13.1 Å². The van der Waals surface area contributed by atoms with Crippen molar-refractivity contribution >= 4 is 44.9 Å². The van der Waals surface area contributed by atoms with Gasteiger partial charge in [0.05, 0.1) is 23.0 Å². The van der Waals surface area contributed by atoms with E-state index in [1.807, 2.05) is 111 Å². The molecule has 0 aliphatic carbocycles. The third-order valence-electron chi connectivity index (χ3n) is 10.4. The highest BCUT2D eigenvalue weighted by molar-refractivity contribution is 6.21. The van der Waals surface area contributed by atoms with Crippen molar-refractivity contribution in [3.05, 3.63) is 191 Å². The number of fused-ring (bicyclic) bond motifs is 3. The van der Waals surface area contributed by atoms with Gasteiger partial charge >= 0.3 is 0 Å². The molecule has 0 bridgehead atoms. The number of aromatic nitrogens is 2. The summed E-state index contributed by atoms with van der Waals surface area (Å²) in [6.45, 7) is 4.37. The lowest BCUT2D eigenvalue weighted by Crippen LogP contribution is -2.36. The Balaban J connectivity index is 0.000000183. The van der Waals surface area contributed by atoms with Crippen molar-refractivity contribution in [3.63, 3.8) is 0 Å². The van der Waals surface area contributed by atoms with Gasteiger partial charge in [-0.1, -0.05) is 108 Å². The maximum atomic E-state index is 13.5. The largest absolute Gasteiger partial charge is 0.329 e. The summed E-state index contributed by atoms with van der Waals surface area (Å²) in [6.07, 6.45) is 7.72. The monoisotopic (exact) mass is 738 g/mol. The fourth-order valence-electron chi connectivity index (χ4n) is 7.17. The molecule has 2 atom stereocenters. The molecule has 2 amide bonds. The summed E-state index contributed by atoms with van der Waals surface area (Å²) in [5, 5.41) is 4.21. The molecular weight excluding hydrogens is 697 g/mol. The van der Waals surface area contributed by atoms with Gasteiger partial charge in [0.25, 0.3) is 11.8 Å². The molecular formula is C48H42N4O4. The average Bonchev–Trinajstić information content (AvgIpc) is 3.46. The predicted molar refractivity (Wildman–Crippen MR) is 220 cm³/mol. The second kappa shape index (κ2) is 16.8. The van der Waals surface area contributed by atoms with E-state index in [9.17, 15) is 19.2 Å². The molecule has 1 aliphatic heterocycles. The molecule has 0 spiro atoms.